The minimum atomic E-state index is -0.702. The Morgan fingerprint density at radius 1 is 1.24 bits per heavy atom. The summed E-state index contributed by atoms with van der Waals surface area (Å²) in [5.74, 6) is 0.316. The molecular weight excluding hydrogens is 274 g/mol. The number of benzene rings is 1. The highest BCUT2D eigenvalue weighted by molar-refractivity contribution is 5.87. The molecule has 0 bridgehead atoms. The van der Waals surface area contributed by atoms with Crippen LogP contribution >= 0.6 is 0 Å². The number of nitrogens with one attached hydrogen (secondary N) is 1. The summed E-state index contributed by atoms with van der Waals surface area (Å²) in [5, 5.41) is 19.8. The number of phenolic OH excluding ortho intramolecular Hbond substituents is 1. The number of carbonyl (C=O) groups excluding carboxylic acids is 1. The number of methoxy groups -OCH3 is 1. The SMILES string of the molecule is COC(=O)Nc1nc(N)ccc1/N=N/c1ccccc1O. The molecule has 21 heavy (non-hydrogen) atoms. The van der Waals surface area contributed by atoms with Crippen molar-refractivity contribution in [2.75, 3.05) is 18.2 Å². The lowest BCUT2D eigenvalue weighted by atomic mass is 10.3. The highest BCUT2D eigenvalue weighted by Crippen LogP contribution is 2.30. The number of ether oxygens (including phenoxy) is 1. The summed E-state index contributed by atoms with van der Waals surface area (Å²) in [4.78, 5) is 15.2. The smallest absolute Gasteiger partial charge is 0.412 e. The molecule has 8 heteroatoms. The Balaban J connectivity index is 2.31. The molecule has 4 N–H and O–H groups in total. The van der Waals surface area contributed by atoms with Crippen LogP contribution < -0.4 is 11.1 Å². The van der Waals surface area contributed by atoms with E-state index in [-0.39, 0.29) is 23.1 Å². The van der Waals surface area contributed by atoms with Crippen LogP contribution in [0.4, 0.5) is 27.8 Å². The number of carbonyl (C=O) groups is 1. The Morgan fingerprint density at radius 2 is 1.95 bits per heavy atom. The minimum Gasteiger partial charge on any atom is -0.506 e. The zero-order valence-corrected chi connectivity index (χ0v) is 11.1. The van der Waals surface area contributed by atoms with E-state index in [1.165, 1.54) is 25.3 Å². The van der Waals surface area contributed by atoms with Gasteiger partial charge in [-0.25, -0.2) is 9.78 Å². The van der Waals surface area contributed by atoms with E-state index in [1.807, 2.05) is 0 Å². The van der Waals surface area contributed by atoms with E-state index in [0.717, 1.165) is 0 Å². The Hall–Kier alpha value is -3.16. The largest absolute Gasteiger partial charge is 0.506 e. The van der Waals surface area contributed by atoms with Crippen molar-refractivity contribution in [1.29, 1.82) is 0 Å². The van der Waals surface area contributed by atoms with Gasteiger partial charge in [-0.2, -0.15) is 0 Å². The average Bonchev–Trinajstić information content (AvgIpc) is 2.48. The Bertz CT molecular complexity index is 687. The van der Waals surface area contributed by atoms with Crippen molar-refractivity contribution in [2.45, 2.75) is 0 Å². The van der Waals surface area contributed by atoms with Crippen LogP contribution in [0.15, 0.2) is 46.6 Å². The predicted octanol–water partition coefficient (Wildman–Crippen LogP) is 2.96. The van der Waals surface area contributed by atoms with E-state index < -0.39 is 6.09 Å². The highest BCUT2D eigenvalue weighted by Gasteiger charge is 2.09. The zero-order chi connectivity index (χ0) is 15.2. The molecule has 0 atom stereocenters. The topological polar surface area (TPSA) is 122 Å². The van der Waals surface area contributed by atoms with Crippen molar-refractivity contribution in [3.8, 4) is 5.75 Å². The number of hydrogen-bond acceptors (Lipinski definition) is 7. The van der Waals surface area contributed by atoms with E-state index in [9.17, 15) is 9.90 Å². The van der Waals surface area contributed by atoms with Crippen molar-refractivity contribution in [3.05, 3.63) is 36.4 Å². The number of nitrogen functional groups attached to an aromatic ring is 1. The number of amides is 1. The Morgan fingerprint density at radius 3 is 2.67 bits per heavy atom. The Kier molecular flexibility index (Phi) is 4.30. The van der Waals surface area contributed by atoms with Crippen molar-refractivity contribution in [1.82, 2.24) is 4.98 Å². The number of aromatic nitrogens is 1. The first-order valence-electron chi connectivity index (χ1n) is 5.91. The molecule has 1 aromatic carbocycles. The molecule has 0 aliphatic carbocycles. The second-order valence-corrected chi connectivity index (χ2v) is 3.91. The summed E-state index contributed by atoms with van der Waals surface area (Å²) < 4.78 is 4.49. The van der Waals surface area contributed by atoms with Crippen LogP contribution in [0.5, 0.6) is 5.75 Å². The molecule has 1 heterocycles. The van der Waals surface area contributed by atoms with Gasteiger partial charge in [-0.3, -0.25) is 5.32 Å². The zero-order valence-electron chi connectivity index (χ0n) is 11.1. The van der Waals surface area contributed by atoms with Crippen LogP contribution in [0.2, 0.25) is 0 Å². The molecule has 2 aromatic rings. The first kappa shape index (κ1) is 14.3. The number of phenols is 1. The fourth-order valence-electron chi connectivity index (χ4n) is 1.44. The van der Waals surface area contributed by atoms with Gasteiger partial charge < -0.3 is 15.6 Å². The van der Waals surface area contributed by atoms with E-state index in [2.05, 4.69) is 25.3 Å². The van der Waals surface area contributed by atoms with Crippen molar-refractivity contribution in [2.24, 2.45) is 10.2 Å². The second kappa shape index (κ2) is 6.33. The van der Waals surface area contributed by atoms with Gasteiger partial charge in [0.05, 0.1) is 7.11 Å². The van der Waals surface area contributed by atoms with Gasteiger partial charge in [-0.1, -0.05) is 12.1 Å². The molecule has 2 rings (SSSR count). The van der Waals surface area contributed by atoms with Gasteiger partial charge in [0.1, 0.15) is 22.9 Å². The molecular formula is C13H13N5O3. The number of pyridine rings is 1. The third-order valence-electron chi connectivity index (χ3n) is 2.45. The van der Waals surface area contributed by atoms with Gasteiger partial charge in [0, 0.05) is 0 Å². The monoisotopic (exact) mass is 287 g/mol. The number of nitrogens with two attached hydrogens (primary N) is 1. The number of rotatable bonds is 3. The molecule has 0 aliphatic rings. The highest BCUT2D eigenvalue weighted by atomic mass is 16.5. The molecule has 0 unspecified atom stereocenters. The van der Waals surface area contributed by atoms with Crippen molar-refractivity contribution in [3.63, 3.8) is 0 Å². The van der Waals surface area contributed by atoms with Gasteiger partial charge in [0.2, 0.25) is 0 Å². The van der Waals surface area contributed by atoms with Crippen LogP contribution in [0, 0.1) is 0 Å². The summed E-state index contributed by atoms with van der Waals surface area (Å²) >= 11 is 0. The standard InChI is InChI=1S/C13H13N5O3/c1-21-13(20)16-12-9(6-7-11(14)15-12)18-17-8-4-2-3-5-10(8)19/h2-7,19H,1H3,(H3,14,15,16,20)/b18-17+. The fourth-order valence-corrected chi connectivity index (χ4v) is 1.44. The van der Waals surface area contributed by atoms with Crippen LogP contribution in [-0.4, -0.2) is 23.3 Å². The van der Waals surface area contributed by atoms with Crippen LogP contribution in [0.1, 0.15) is 0 Å². The van der Waals surface area contributed by atoms with Crippen LogP contribution in [0.25, 0.3) is 0 Å². The van der Waals surface area contributed by atoms with Crippen molar-refractivity contribution >= 4 is 29.1 Å². The fraction of sp³-hybridized carbons (Fsp3) is 0.0769. The normalized spacial score (nSPS) is 10.5. The van der Waals surface area contributed by atoms with Crippen LogP contribution in [0.3, 0.4) is 0 Å². The predicted molar refractivity (Wildman–Crippen MR) is 77.0 cm³/mol. The summed E-state index contributed by atoms with van der Waals surface area (Å²) in [6.45, 7) is 0. The summed E-state index contributed by atoms with van der Waals surface area (Å²) in [6.07, 6.45) is -0.702. The molecule has 0 aliphatic heterocycles. The number of hydrogen-bond donors (Lipinski definition) is 3. The molecule has 0 radical (unpaired) electrons. The maximum atomic E-state index is 11.2. The number of aromatic hydroxyl groups is 1. The molecule has 0 fully saturated rings. The molecule has 8 nitrogen and oxygen atoms in total. The van der Waals surface area contributed by atoms with Crippen molar-refractivity contribution < 1.29 is 14.6 Å². The van der Waals surface area contributed by atoms with Gasteiger partial charge in [0.15, 0.2) is 5.82 Å². The first-order valence-corrected chi connectivity index (χ1v) is 5.91. The van der Waals surface area contributed by atoms with Gasteiger partial charge >= 0.3 is 6.09 Å². The summed E-state index contributed by atoms with van der Waals surface area (Å²) in [6, 6.07) is 9.52. The van der Waals surface area contributed by atoms with E-state index >= 15 is 0 Å². The second-order valence-electron chi connectivity index (χ2n) is 3.91. The number of anilines is 2. The molecule has 1 aromatic heterocycles. The van der Waals surface area contributed by atoms with E-state index in [1.54, 1.807) is 18.2 Å². The molecule has 1 amide bonds. The quantitative estimate of drug-likeness (QED) is 0.749. The molecule has 108 valence electrons. The lowest BCUT2D eigenvalue weighted by molar-refractivity contribution is 0.187. The third-order valence-corrected chi connectivity index (χ3v) is 2.45. The lowest BCUT2D eigenvalue weighted by Crippen LogP contribution is -2.12. The van der Waals surface area contributed by atoms with E-state index in [0.29, 0.717) is 5.69 Å². The minimum absolute atomic E-state index is 0.00729. The maximum absolute atomic E-state index is 11.2. The van der Waals surface area contributed by atoms with Crippen LogP contribution in [-0.2, 0) is 4.74 Å². The molecule has 0 saturated carbocycles. The number of nitrogens with zero attached hydrogens (tertiary/aromatic N) is 3. The summed E-state index contributed by atoms with van der Waals surface area (Å²) in [5.41, 5.74) is 6.13. The molecule has 0 saturated heterocycles. The third kappa shape index (κ3) is 3.66. The van der Waals surface area contributed by atoms with Gasteiger partial charge in [-0.15, -0.1) is 10.2 Å². The summed E-state index contributed by atoms with van der Waals surface area (Å²) in [7, 11) is 1.23. The van der Waals surface area contributed by atoms with E-state index in [4.69, 9.17) is 5.73 Å². The maximum Gasteiger partial charge on any atom is 0.412 e. The number of para-hydroxylation sites is 1. The number of azo groups is 1. The Labute approximate surface area is 120 Å². The van der Waals surface area contributed by atoms with Gasteiger partial charge in [-0.05, 0) is 24.3 Å². The lowest BCUT2D eigenvalue weighted by Gasteiger charge is -2.06. The molecule has 0 spiro atoms. The van der Waals surface area contributed by atoms with Gasteiger partial charge in [0.25, 0.3) is 0 Å². The average molecular weight is 287 g/mol. The first-order chi connectivity index (χ1) is 10.1.